The average molecular weight is 156 g/mol. The van der Waals surface area contributed by atoms with E-state index in [1.165, 1.54) is 5.57 Å². The first-order valence-electron chi connectivity index (χ1n) is 4.33. The quantitative estimate of drug-likeness (QED) is 0.538. The Hall–Kier alpha value is -0.340. The molecule has 0 spiro atoms. The molecule has 66 valence electrons. The van der Waals surface area contributed by atoms with E-state index in [9.17, 15) is 0 Å². The summed E-state index contributed by atoms with van der Waals surface area (Å²) in [6, 6.07) is 0.603. The minimum Gasteiger partial charge on any atom is -0.251 e. The van der Waals surface area contributed by atoms with Crippen LogP contribution in [0.5, 0.6) is 0 Å². The Labute approximate surface area is 70.2 Å². The van der Waals surface area contributed by atoms with Crippen LogP contribution in [-0.2, 0) is 0 Å². The highest BCUT2D eigenvalue weighted by Gasteiger charge is 2.14. The van der Waals surface area contributed by atoms with Crippen LogP contribution in [0.3, 0.4) is 0 Å². The highest BCUT2D eigenvalue weighted by molar-refractivity contribution is 5.01. The van der Waals surface area contributed by atoms with Crippen molar-refractivity contribution in [2.45, 2.75) is 33.2 Å². The summed E-state index contributed by atoms with van der Waals surface area (Å²) in [5, 5.41) is 2.13. The summed E-state index contributed by atoms with van der Waals surface area (Å²) in [5.74, 6) is 0. The van der Waals surface area contributed by atoms with Crippen molar-refractivity contribution in [3.8, 4) is 0 Å². The smallest absolute Gasteiger partial charge is 0.0310 e. The van der Waals surface area contributed by atoms with Gasteiger partial charge in [-0.1, -0.05) is 26.0 Å². The van der Waals surface area contributed by atoms with E-state index in [4.69, 9.17) is 0 Å². The van der Waals surface area contributed by atoms with Crippen molar-refractivity contribution < 1.29 is 0 Å². The molecule has 1 saturated heterocycles. The number of rotatable bonds is 0. The zero-order valence-corrected chi connectivity index (χ0v) is 8.15. The first-order valence-corrected chi connectivity index (χ1v) is 4.33. The van der Waals surface area contributed by atoms with Gasteiger partial charge in [-0.05, 0) is 13.3 Å². The summed E-state index contributed by atoms with van der Waals surface area (Å²) in [4.78, 5) is 0. The van der Waals surface area contributed by atoms with Gasteiger partial charge in [0, 0.05) is 19.6 Å². The lowest BCUT2D eigenvalue weighted by Gasteiger charge is -2.31. The lowest BCUT2D eigenvalue weighted by atomic mass is 10.1. The van der Waals surface area contributed by atoms with Crippen molar-refractivity contribution in [3.05, 3.63) is 12.2 Å². The SMILES string of the molecule is C=C1CNN(C)C(C)C1.CC. The summed E-state index contributed by atoms with van der Waals surface area (Å²) >= 11 is 0. The molecule has 0 aromatic heterocycles. The second-order valence-electron chi connectivity index (χ2n) is 2.75. The zero-order valence-electron chi connectivity index (χ0n) is 8.15. The molecular weight excluding hydrogens is 136 g/mol. The van der Waals surface area contributed by atoms with Gasteiger partial charge in [-0.3, -0.25) is 5.43 Å². The minimum absolute atomic E-state index is 0.603. The van der Waals surface area contributed by atoms with Gasteiger partial charge in [0.15, 0.2) is 0 Å². The van der Waals surface area contributed by atoms with Crippen molar-refractivity contribution in [3.63, 3.8) is 0 Å². The topological polar surface area (TPSA) is 15.3 Å². The molecule has 1 N–H and O–H groups in total. The maximum atomic E-state index is 3.91. The van der Waals surface area contributed by atoms with E-state index in [1.807, 2.05) is 13.8 Å². The van der Waals surface area contributed by atoms with E-state index in [0.717, 1.165) is 13.0 Å². The lowest BCUT2D eigenvalue weighted by molar-refractivity contribution is 0.157. The molecule has 0 amide bonds. The predicted molar refractivity (Wildman–Crippen MR) is 50.3 cm³/mol. The van der Waals surface area contributed by atoms with Crippen LogP contribution in [-0.4, -0.2) is 24.6 Å². The van der Waals surface area contributed by atoms with Gasteiger partial charge in [0.25, 0.3) is 0 Å². The van der Waals surface area contributed by atoms with Crippen molar-refractivity contribution in [1.82, 2.24) is 10.4 Å². The Bertz CT molecular complexity index is 121. The van der Waals surface area contributed by atoms with Gasteiger partial charge < -0.3 is 0 Å². The first kappa shape index (κ1) is 10.7. The molecule has 1 unspecified atom stereocenters. The van der Waals surface area contributed by atoms with Crippen LogP contribution < -0.4 is 5.43 Å². The van der Waals surface area contributed by atoms with Crippen molar-refractivity contribution in [1.29, 1.82) is 0 Å². The van der Waals surface area contributed by atoms with Crippen LogP contribution in [0.1, 0.15) is 27.2 Å². The van der Waals surface area contributed by atoms with Gasteiger partial charge in [0.05, 0.1) is 0 Å². The van der Waals surface area contributed by atoms with E-state index in [2.05, 4.69) is 31.0 Å². The molecule has 0 bridgehead atoms. The Morgan fingerprint density at radius 1 is 1.55 bits per heavy atom. The molecule has 2 heteroatoms. The first-order chi connectivity index (χ1) is 5.20. The molecule has 11 heavy (non-hydrogen) atoms. The molecule has 1 rings (SSSR count). The van der Waals surface area contributed by atoms with Crippen molar-refractivity contribution in [2.75, 3.05) is 13.6 Å². The van der Waals surface area contributed by atoms with Gasteiger partial charge in [0.2, 0.25) is 0 Å². The lowest BCUT2D eigenvalue weighted by Crippen LogP contribution is -2.46. The Morgan fingerprint density at radius 2 is 2.09 bits per heavy atom. The molecule has 1 atom stereocenters. The van der Waals surface area contributed by atoms with E-state index < -0.39 is 0 Å². The number of nitrogens with one attached hydrogen (secondary N) is 1. The third-order valence-electron chi connectivity index (χ3n) is 1.82. The Balaban J connectivity index is 0.000000461. The van der Waals surface area contributed by atoms with Gasteiger partial charge in [0.1, 0.15) is 0 Å². The molecule has 1 aliphatic rings. The second kappa shape index (κ2) is 5.33. The highest BCUT2D eigenvalue weighted by Crippen LogP contribution is 2.10. The number of hydrazine groups is 1. The maximum absolute atomic E-state index is 3.91. The summed E-state index contributed by atoms with van der Waals surface area (Å²) in [6.45, 7) is 11.0. The minimum atomic E-state index is 0.603. The van der Waals surface area contributed by atoms with Crippen LogP contribution in [0.25, 0.3) is 0 Å². The largest absolute Gasteiger partial charge is 0.251 e. The molecule has 0 aromatic carbocycles. The van der Waals surface area contributed by atoms with Crippen LogP contribution in [0.15, 0.2) is 12.2 Å². The summed E-state index contributed by atoms with van der Waals surface area (Å²) in [5.41, 5.74) is 4.52. The molecule has 0 saturated carbocycles. The average Bonchev–Trinajstić information content (AvgIpc) is 2.02. The Morgan fingerprint density at radius 3 is 2.45 bits per heavy atom. The molecule has 2 nitrogen and oxygen atoms in total. The Kier molecular flexibility index (Phi) is 5.16. The molecular formula is C9H20N2. The van der Waals surface area contributed by atoms with E-state index in [-0.39, 0.29) is 0 Å². The monoisotopic (exact) mass is 156 g/mol. The van der Waals surface area contributed by atoms with E-state index in [0.29, 0.717) is 6.04 Å². The molecule has 1 heterocycles. The molecule has 0 radical (unpaired) electrons. The van der Waals surface area contributed by atoms with Crippen LogP contribution >= 0.6 is 0 Å². The summed E-state index contributed by atoms with van der Waals surface area (Å²) in [7, 11) is 2.07. The van der Waals surface area contributed by atoms with Crippen LogP contribution in [0.2, 0.25) is 0 Å². The fourth-order valence-electron chi connectivity index (χ4n) is 1.02. The molecule has 1 fully saturated rings. The number of hydrogen-bond donors (Lipinski definition) is 1. The maximum Gasteiger partial charge on any atom is 0.0310 e. The molecule has 1 aliphatic heterocycles. The van der Waals surface area contributed by atoms with Gasteiger partial charge in [-0.15, -0.1) is 0 Å². The van der Waals surface area contributed by atoms with Crippen molar-refractivity contribution >= 4 is 0 Å². The van der Waals surface area contributed by atoms with E-state index >= 15 is 0 Å². The standard InChI is InChI=1S/C7H14N2.C2H6/c1-6-4-7(2)9(3)8-5-6;1-2/h7-8H,1,4-5H2,2-3H3;1-2H3. The number of hydrogen-bond acceptors (Lipinski definition) is 2. The second-order valence-corrected chi connectivity index (χ2v) is 2.75. The fraction of sp³-hybridized carbons (Fsp3) is 0.778. The van der Waals surface area contributed by atoms with Crippen molar-refractivity contribution in [2.24, 2.45) is 0 Å². The fourth-order valence-corrected chi connectivity index (χ4v) is 1.02. The third kappa shape index (κ3) is 3.54. The van der Waals surface area contributed by atoms with Crippen LogP contribution in [0.4, 0.5) is 0 Å². The summed E-state index contributed by atoms with van der Waals surface area (Å²) in [6.07, 6.45) is 1.13. The predicted octanol–water partition coefficient (Wildman–Crippen LogP) is 1.80. The highest BCUT2D eigenvalue weighted by atomic mass is 15.5. The van der Waals surface area contributed by atoms with Gasteiger partial charge in [-0.2, -0.15) is 0 Å². The number of nitrogens with zero attached hydrogens (tertiary/aromatic N) is 1. The normalized spacial score (nSPS) is 25.8. The van der Waals surface area contributed by atoms with Gasteiger partial charge >= 0.3 is 0 Å². The van der Waals surface area contributed by atoms with Gasteiger partial charge in [-0.25, -0.2) is 5.01 Å². The van der Waals surface area contributed by atoms with Crippen LogP contribution in [0, 0.1) is 0 Å². The summed E-state index contributed by atoms with van der Waals surface area (Å²) < 4.78 is 0. The third-order valence-corrected chi connectivity index (χ3v) is 1.82. The molecule has 0 aliphatic carbocycles. The molecule has 0 aromatic rings. The van der Waals surface area contributed by atoms with E-state index in [1.54, 1.807) is 0 Å². The zero-order chi connectivity index (χ0) is 8.85.